The number of aromatic nitrogens is 2. The van der Waals surface area contributed by atoms with E-state index in [0.717, 1.165) is 40.5 Å². The molecule has 0 atom stereocenters. The number of nitrogens with one attached hydrogen (secondary N) is 2. The molecule has 0 amide bonds. The second-order valence-corrected chi connectivity index (χ2v) is 9.41. The summed E-state index contributed by atoms with van der Waals surface area (Å²) in [6.07, 6.45) is 19.3. The van der Waals surface area contributed by atoms with Crippen LogP contribution in [-0.4, -0.2) is 15.7 Å². The van der Waals surface area contributed by atoms with Gasteiger partial charge in [0.05, 0.1) is 11.4 Å². The molecule has 0 aliphatic carbocycles. The van der Waals surface area contributed by atoms with Crippen LogP contribution in [0.25, 0.3) is 6.08 Å². The molecule has 4 rings (SSSR count). The van der Waals surface area contributed by atoms with Gasteiger partial charge in [-0.2, -0.15) is 0 Å². The molecular formula is C31H40ClN3O. The number of H-pyrrole nitrogens is 2. The third kappa shape index (κ3) is 8.60. The molecule has 4 nitrogen and oxygen atoms in total. The van der Waals surface area contributed by atoms with E-state index < -0.39 is 0 Å². The van der Waals surface area contributed by atoms with Crippen molar-refractivity contribution in [2.75, 3.05) is 0 Å². The van der Waals surface area contributed by atoms with Crippen LogP contribution in [0.1, 0.15) is 87.4 Å². The van der Waals surface area contributed by atoms with Crippen LogP contribution in [0.4, 0.5) is 0 Å². The Bertz CT molecular complexity index is 1110. The summed E-state index contributed by atoms with van der Waals surface area (Å²) < 4.78 is 6.19. The molecule has 0 saturated heterocycles. The first-order valence-corrected chi connectivity index (χ1v) is 13.3. The maximum absolute atomic E-state index is 6.19. The fraction of sp³-hybridized carbons (Fsp3) is 0.387. The van der Waals surface area contributed by atoms with E-state index in [1.165, 1.54) is 63.5 Å². The predicted molar refractivity (Wildman–Crippen MR) is 154 cm³/mol. The predicted octanol–water partition coefficient (Wildman–Crippen LogP) is 8.78. The fourth-order valence-corrected chi connectivity index (χ4v) is 4.46. The van der Waals surface area contributed by atoms with Crippen molar-refractivity contribution in [2.24, 2.45) is 4.99 Å². The van der Waals surface area contributed by atoms with E-state index in [9.17, 15) is 0 Å². The molecule has 3 aromatic rings. The Morgan fingerprint density at radius 3 is 2.31 bits per heavy atom. The normalized spacial score (nSPS) is 14.0. The highest BCUT2D eigenvalue weighted by Gasteiger charge is 2.18. The average Bonchev–Trinajstić information content (AvgIpc) is 3.64. The van der Waals surface area contributed by atoms with Crippen LogP contribution in [0.15, 0.2) is 83.3 Å². The van der Waals surface area contributed by atoms with Gasteiger partial charge in [0.25, 0.3) is 0 Å². The Labute approximate surface area is 222 Å². The zero-order valence-electron chi connectivity index (χ0n) is 21.5. The number of hydrogen-bond acceptors (Lipinski definition) is 2. The SMILES string of the molecule is CCCCCCCCCCCc1ccc(C=C2N=C(c3ccc[nH]3)C=C2OCc2ccccc2)[nH]1.Cl. The van der Waals surface area contributed by atoms with Gasteiger partial charge in [0.15, 0.2) is 0 Å². The maximum Gasteiger partial charge on any atom is 0.147 e. The molecule has 0 unspecified atom stereocenters. The maximum atomic E-state index is 6.19. The number of allylic oxidation sites excluding steroid dienone is 1. The van der Waals surface area contributed by atoms with E-state index in [2.05, 4.69) is 47.2 Å². The standard InChI is InChI=1S/C31H39N3O.ClH/c1-2-3-4-5-6-7-8-9-13-17-26-19-20-27(33-26)22-30-31(35-24-25-15-11-10-12-16-25)23-29(34-30)28-18-14-21-32-28;/h10-12,14-16,18-23,32-33H,2-9,13,17,24H2,1H3;1H. The lowest BCUT2D eigenvalue weighted by Gasteiger charge is -2.08. The van der Waals surface area contributed by atoms with Crippen molar-refractivity contribution in [1.29, 1.82) is 0 Å². The van der Waals surface area contributed by atoms with Crippen molar-refractivity contribution in [3.8, 4) is 0 Å². The first-order chi connectivity index (χ1) is 17.3. The van der Waals surface area contributed by atoms with Crippen LogP contribution in [0, 0.1) is 0 Å². The summed E-state index contributed by atoms with van der Waals surface area (Å²) in [7, 11) is 0. The minimum atomic E-state index is 0. The van der Waals surface area contributed by atoms with Gasteiger partial charge in [-0.15, -0.1) is 12.4 Å². The molecular weight excluding hydrogens is 466 g/mol. The van der Waals surface area contributed by atoms with Crippen LogP contribution in [0.5, 0.6) is 0 Å². The van der Waals surface area contributed by atoms with Crippen molar-refractivity contribution >= 4 is 24.2 Å². The number of unbranched alkanes of at least 4 members (excludes halogenated alkanes) is 8. The van der Waals surface area contributed by atoms with Crippen molar-refractivity contribution < 1.29 is 4.74 Å². The summed E-state index contributed by atoms with van der Waals surface area (Å²) in [6.45, 7) is 2.80. The molecule has 1 aliphatic rings. The van der Waals surface area contributed by atoms with Crippen LogP contribution in [-0.2, 0) is 17.8 Å². The molecule has 2 N–H and O–H groups in total. The third-order valence-electron chi connectivity index (χ3n) is 6.48. The van der Waals surface area contributed by atoms with Gasteiger partial charge >= 0.3 is 0 Å². The molecule has 36 heavy (non-hydrogen) atoms. The van der Waals surface area contributed by atoms with E-state index in [1.807, 2.05) is 42.6 Å². The molecule has 5 heteroatoms. The number of hydrogen-bond donors (Lipinski definition) is 2. The molecule has 0 saturated carbocycles. The highest BCUT2D eigenvalue weighted by molar-refractivity contribution is 6.11. The zero-order chi connectivity index (χ0) is 24.1. The van der Waals surface area contributed by atoms with Crippen molar-refractivity contribution in [3.05, 3.63) is 101 Å². The molecule has 1 aliphatic heterocycles. The number of rotatable bonds is 15. The van der Waals surface area contributed by atoms with E-state index in [0.29, 0.717) is 6.61 Å². The molecule has 3 heterocycles. The number of aryl methyl sites for hydroxylation is 1. The van der Waals surface area contributed by atoms with E-state index in [1.54, 1.807) is 0 Å². The number of aromatic amines is 2. The monoisotopic (exact) mass is 505 g/mol. The van der Waals surface area contributed by atoms with Gasteiger partial charge in [0.2, 0.25) is 0 Å². The third-order valence-corrected chi connectivity index (χ3v) is 6.48. The highest BCUT2D eigenvalue weighted by Crippen LogP contribution is 2.26. The molecule has 192 valence electrons. The van der Waals surface area contributed by atoms with Crippen LogP contribution >= 0.6 is 12.4 Å². The first kappa shape index (κ1) is 27.6. The summed E-state index contributed by atoms with van der Waals surface area (Å²) in [5, 5.41) is 0. The Morgan fingerprint density at radius 1 is 0.833 bits per heavy atom. The molecule has 1 aromatic carbocycles. The minimum absolute atomic E-state index is 0. The van der Waals surface area contributed by atoms with Gasteiger partial charge in [-0.3, -0.25) is 0 Å². The van der Waals surface area contributed by atoms with Crippen LogP contribution in [0.2, 0.25) is 0 Å². The van der Waals surface area contributed by atoms with Crippen molar-refractivity contribution in [1.82, 2.24) is 9.97 Å². The lowest BCUT2D eigenvalue weighted by molar-refractivity contribution is 0.208. The lowest BCUT2D eigenvalue weighted by Crippen LogP contribution is -1.95. The molecule has 2 aromatic heterocycles. The average molecular weight is 506 g/mol. The second-order valence-electron chi connectivity index (χ2n) is 9.41. The van der Waals surface area contributed by atoms with Crippen LogP contribution < -0.4 is 0 Å². The number of aliphatic imine (C=N–C) groups is 1. The van der Waals surface area contributed by atoms with Crippen molar-refractivity contribution in [3.63, 3.8) is 0 Å². The van der Waals surface area contributed by atoms with Gasteiger partial charge in [0.1, 0.15) is 18.1 Å². The largest absolute Gasteiger partial charge is 0.487 e. The van der Waals surface area contributed by atoms with E-state index in [4.69, 9.17) is 9.73 Å². The van der Waals surface area contributed by atoms with Crippen LogP contribution in [0.3, 0.4) is 0 Å². The number of ether oxygens (including phenoxy) is 1. The lowest BCUT2D eigenvalue weighted by atomic mass is 10.1. The molecule has 0 radical (unpaired) electrons. The highest BCUT2D eigenvalue weighted by atomic mass is 35.5. The summed E-state index contributed by atoms with van der Waals surface area (Å²) in [6, 6.07) is 18.6. The van der Waals surface area contributed by atoms with Gasteiger partial charge in [-0.05, 0) is 48.7 Å². The smallest absolute Gasteiger partial charge is 0.147 e. The Morgan fingerprint density at radius 2 is 1.58 bits per heavy atom. The Kier molecular flexibility index (Phi) is 11.7. The van der Waals surface area contributed by atoms with E-state index in [-0.39, 0.29) is 12.4 Å². The van der Waals surface area contributed by atoms with Crippen molar-refractivity contribution in [2.45, 2.75) is 77.7 Å². The number of halogens is 1. The topological polar surface area (TPSA) is 53.2 Å². The van der Waals surface area contributed by atoms with E-state index >= 15 is 0 Å². The van der Waals surface area contributed by atoms with Gasteiger partial charge in [0, 0.05) is 23.7 Å². The van der Waals surface area contributed by atoms with Gasteiger partial charge in [-0.25, -0.2) is 4.99 Å². The first-order valence-electron chi connectivity index (χ1n) is 13.3. The quantitative estimate of drug-likeness (QED) is 0.199. The van der Waals surface area contributed by atoms with Gasteiger partial charge < -0.3 is 14.7 Å². The summed E-state index contributed by atoms with van der Waals surface area (Å²) >= 11 is 0. The number of benzene rings is 1. The fourth-order valence-electron chi connectivity index (χ4n) is 4.46. The Hall–Kier alpha value is -2.98. The molecule has 0 bridgehead atoms. The second kappa shape index (κ2) is 15.2. The molecule has 0 fully saturated rings. The minimum Gasteiger partial charge on any atom is -0.487 e. The number of nitrogens with zero attached hydrogens (tertiary/aromatic N) is 1. The van der Waals surface area contributed by atoms with Gasteiger partial charge in [-0.1, -0.05) is 88.6 Å². The molecule has 0 spiro atoms. The zero-order valence-corrected chi connectivity index (χ0v) is 22.3. The summed E-state index contributed by atoms with van der Waals surface area (Å²) in [5.74, 6) is 0.800. The Balaban J connectivity index is 0.00000361. The summed E-state index contributed by atoms with van der Waals surface area (Å²) in [4.78, 5) is 11.7. The summed E-state index contributed by atoms with van der Waals surface area (Å²) in [5.41, 5.74) is 6.24.